The summed E-state index contributed by atoms with van der Waals surface area (Å²) >= 11 is 0. The molecular weight excluding hydrogens is 258 g/mol. The Labute approximate surface area is 125 Å². The molecule has 3 heteroatoms. The fraction of sp³-hybridized carbons (Fsp3) is 0.167. The van der Waals surface area contributed by atoms with Crippen molar-refractivity contribution in [3.63, 3.8) is 0 Å². The van der Waals surface area contributed by atoms with Crippen molar-refractivity contribution in [2.24, 2.45) is 0 Å². The lowest BCUT2D eigenvalue weighted by molar-refractivity contribution is 1.12. The minimum atomic E-state index is 0. The number of H-pyrrole nitrogens is 2. The van der Waals surface area contributed by atoms with Crippen molar-refractivity contribution >= 4 is 21.8 Å². The quantitative estimate of drug-likeness (QED) is 0.468. The molecule has 0 aliphatic carbocycles. The molecule has 3 nitrogen and oxygen atoms in total. The third-order valence-corrected chi connectivity index (χ3v) is 3.30. The van der Waals surface area contributed by atoms with E-state index in [0.717, 1.165) is 5.52 Å². The summed E-state index contributed by atoms with van der Waals surface area (Å²) in [7, 11) is 0. The summed E-state index contributed by atoms with van der Waals surface area (Å²) in [5.41, 5.74) is 4.90. The Hall–Kier alpha value is -2.55. The summed E-state index contributed by atoms with van der Waals surface area (Å²) in [6.45, 7) is 4.18. The number of hydrogen-bond acceptors (Lipinski definition) is 1. The van der Waals surface area contributed by atoms with Crippen LogP contribution in [0, 0.1) is 13.8 Å². The van der Waals surface area contributed by atoms with Gasteiger partial charge in [0.1, 0.15) is 0 Å². The van der Waals surface area contributed by atoms with E-state index in [1.54, 1.807) is 0 Å². The molecule has 2 heterocycles. The maximum Gasteiger partial charge on any atom is 0.0650 e. The van der Waals surface area contributed by atoms with Gasteiger partial charge in [0.2, 0.25) is 0 Å². The summed E-state index contributed by atoms with van der Waals surface area (Å²) in [5, 5.41) is 9.29. The molecule has 0 fully saturated rings. The Morgan fingerprint density at radius 1 is 0.810 bits per heavy atom. The van der Waals surface area contributed by atoms with Crippen molar-refractivity contribution in [3.05, 3.63) is 66.0 Å². The van der Waals surface area contributed by atoms with Gasteiger partial charge in [-0.05, 0) is 49.6 Å². The first kappa shape index (κ1) is 14.9. The molecule has 0 amide bonds. The summed E-state index contributed by atoms with van der Waals surface area (Å²) < 4.78 is 0. The highest BCUT2D eigenvalue weighted by atomic mass is 15.1. The van der Waals surface area contributed by atoms with E-state index < -0.39 is 0 Å². The van der Waals surface area contributed by atoms with Gasteiger partial charge in [-0.3, -0.25) is 5.10 Å². The second kappa shape index (κ2) is 6.27. The summed E-state index contributed by atoms with van der Waals surface area (Å²) in [4.78, 5) is 3.15. The Kier molecular flexibility index (Phi) is 4.43. The van der Waals surface area contributed by atoms with Crippen molar-refractivity contribution in [1.29, 1.82) is 0 Å². The van der Waals surface area contributed by atoms with Crippen molar-refractivity contribution in [2.75, 3.05) is 0 Å². The van der Waals surface area contributed by atoms with Gasteiger partial charge in [0, 0.05) is 17.1 Å². The fourth-order valence-corrected chi connectivity index (χ4v) is 2.23. The normalized spacial score (nSPS) is 10.0. The molecule has 0 radical (unpaired) electrons. The van der Waals surface area contributed by atoms with Crippen molar-refractivity contribution in [3.8, 4) is 0 Å². The molecule has 108 valence electrons. The highest BCUT2D eigenvalue weighted by Gasteiger charge is 1.92. The lowest BCUT2D eigenvalue weighted by Crippen LogP contribution is -1.70. The number of nitrogens with one attached hydrogen (secondary N) is 2. The zero-order chi connectivity index (χ0) is 13.9. The number of hydrogen-bond donors (Lipinski definition) is 2. The van der Waals surface area contributed by atoms with Gasteiger partial charge in [0.25, 0.3) is 0 Å². The Balaban J connectivity index is 0.000000147. The maximum absolute atomic E-state index is 3.92. The molecule has 2 N–H and O–H groups in total. The van der Waals surface area contributed by atoms with E-state index in [4.69, 9.17) is 0 Å². The second-order valence-corrected chi connectivity index (χ2v) is 5.03. The largest absolute Gasteiger partial charge is 0.361 e. The molecule has 0 atom stereocenters. The average molecular weight is 279 g/mol. The molecule has 0 aliphatic heterocycles. The Morgan fingerprint density at radius 3 is 2.24 bits per heavy atom. The van der Waals surface area contributed by atoms with E-state index in [2.05, 4.69) is 65.4 Å². The van der Waals surface area contributed by atoms with Crippen LogP contribution in [0.4, 0.5) is 0 Å². The minimum Gasteiger partial charge on any atom is -0.361 e. The van der Waals surface area contributed by atoms with Gasteiger partial charge >= 0.3 is 0 Å². The van der Waals surface area contributed by atoms with Crippen LogP contribution in [-0.2, 0) is 0 Å². The molecule has 0 unspecified atom stereocenters. The highest BCUT2D eigenvalue weighted by molar-refractivity contribution is 5.79. The molecule has 2 aromatic heterocycles. The van der Waals surface area contributed by atoms with Crippen LogP contribution in [0.3, 0.4) is 0 Å². The molecule has 0 saturated heterocycles. The Morgan fingerprint density at radius 2 is 1.48 bits per heavy atom. The average Bonchev–Trinajstić information content (AvgIpc) is 3.06. The van der Waals surface area contributed by atoms with Crippen molar-refractivity contribution in [1.82, 2.24) is 15.2 Å². The number of nitrogens with zero attached hydrogens (tertiary/aromatic N) is 1. The molecule has 4 aromatic rings. The number of rotatable bonds is 0. The SMILES string of the molecule is C.Cc1ccc2[nH]ccc2c1.Cc1ccc2[nH]ncc2c1. The van der Waals surface area contributed by atoms with Gasteiger partial charge < -0.3 is 4.98 Å². The number of benzene rings is 2. The van der Waals surface area contributed by atoms with Crippen LogP contribution in [-0.4, -0.2) is 15.2 Å². The van der Waals surface area contributed by atoms with Crippen LogP contribution >= 0.6 is 0 Å². The molecule has 0 spiro atoms. The van der Waals surface area contributed by atoms with E-state index in [-0.39, 0.29) is 7.43 Å². The molecule has 0 aliphatic rings. The van der Waals surface area contributed by atoms with Crippen LogP contribution in [0.25, 0.3) is 21.8 Å². The van der Waals surface area contributed by atoms with Crippen LogP contribution in [0.5, 0.6) is 0 Å². The molecule has 2 aromatic carbocycles. The Bertz CT molecular complexity index is 768. The predicted molar refractivity (Wildman–Crippen MR) is 90.6 cm³/mol. The van der Waals surface area contributed by atoms with Crippen LogP contribution in [0.15, 0.2) is 54.9 Å². The van der Waals surface area contributed by atoms with E-state index in [0.29, 0.717) is 0 Å². The third-order valence-electron chi connectivity index (χ3n) is 3.30. The maximum atomic E-state index is 3.92. The van der Waals surface area contributed by atoms with Gasteiger partial charge in [-0.15, -0.1) is 0 Å². The van der Waals surface area contributed by atoms with Gasteiger partial charge in [0.05, 0.1) is 11.7 Å². The standard InChI is InChI=1S/C9H9N.C8H8N2.CH4/c1-7-2-3-9-8(6-7)4-5-10-9;1-6-2-3-8-7(4-6)5-9-10-8;/h2-6,10H,1H3;2-5H,1H3,(H,9,10);1H4. The van der Waals surface area contributed by atoms with Gasteiger partial charge in [-0.1, -0.05) is 30.7 Å². The highest BCUT2D eigenvalue weighted by Crippen LogP contribution is 2.13. The second-order valence-electron chi connectivity index (χ2n) is 5.03. The van der Waals surface area contributed by atoms with E-state index in [9.17, 15) is 0 Å². The lowest BCUT2D eigenvalue weighted by atomic mass is 10.2. The third kappa shape index (κ3) is 3.31. The monoisotopic (exact) mass is 279 g/mol. The fourth-order valence-electron chi connectivity index (χ4n) is 2.23. The van der Waals surface area contributed by atoms with Gasteiger partial charge in [0.15, 0.2) is 0 Å². The molecular formula is C18H21N3. The van der Waals surface area contributed by atoms with Crippen LogP contribution in [0.1, 0.15) is 18.6 Å². The number of fused-ring (bicyclic) bond motifs is 2. The first-order chi connectivity index (χ1) is 9.72. The number of aromatic nitrogens is 3. The smallest absolute Gasteiger partial charge is 0.0650 e. The van der Waals surface area contributed by atoms with Crippen molar-refractivity contribution in [2.45, 2.75) is 21.3 Å². The first-order valence-corrected chi connectivity index (χ1v) is 6.66. The number of aryl methyl sites for hydroxylation is 2. The van der Waals surface area contributed by atoms with Crippen LogP contribution < -0.4 is 0 Å². The first-order valence-electron chi connectivity index (χ1n) is 6.66. The summed E-state index contributed by atoms with van der Waals surface area (Å²) in [6, 6.07) is 14.7. The van der Waals surface area contributed by atoms with E-state index in [1.807, 2.05) is 18.5 Å². The van der Waals surface area contributed by atoms with E-state index in [1.165, 1.54) is 27.4 Å². The van der Waals surface area contributed by atoms with Gasteiger partial charge in [-0.2, -0.15) is 5.10 Å². The van der Waals surface area contributed by atoms with E-state index >= 15 is 0 Å². The zero-order valence-electron chi connectivity index (χ0n) is 11.6. The zero-order valence-corrected chi connectivity index (χ0v) is 11.6. The van der Waals surface area contributed by atoms with Gasteiger partial charge in [-0.25, -0.2) is 0 Å². The molecule has 4 rings (SSSR count). The predicted octanol–water partition coefficient (Wildman–Crippen LogP) is 4.98. The van der Waals surface area contributed by atoms with Crippen molar-refractivity contribution < 1.29 is 0 Å². The minimum absolute atomic E-state index is 0. The topological polar surface area (TPSA) is 44.5 Å². The lowest BCUT2D eigenvalue weighted by Gasteiger charge is -1.90. The molecule has 21 heavy (non-hydrogen) atoms. The summed E-state index contributed by atoms with van der Waals surface area (Å²) in [5.74, 6) is 0. The molecule has 0 bridgehead atoms. The molecule has 0 saturated carbocycles. The summed E-state index contributed by atoms with van der Waals surface area (Å²) in [6.07, 6.45) is 3.80. The number of aromatic amines is 2. The van der Waals surface area contributed by atoms with Crippen LogP contribution in [0.2, 0.25) is 0 Å².